The summed E-state index contributed by atoms with van der Waals surface area (Å²) in [6.07, 6.45) is 0.266. The first-order chi connectivity index (χ1) is 12.3. The number of carbonyl (C=O) groups excluding carboxylic acids is 1. The Morgan fingerprint density at radius 1 is 1.15 bits per heavy atom. The Labute approximate surface area is 158 Å². The summed E-state index contributed by atoms with van der Waals surface area (Å²) < 4.78 is 33.4. The SMILES string of the molecule is CCOc1ccc(S(=O)(=O)Nc2cccc(Cl)c2C)cc1NC(=O)CC. The summed E-state index contributed by atoms with van der Waals surface area (Å²) in [5.41, 5.74) is 1.33. The summed E-state index contributed by atoms with van der Waals surface area (Å²) >= 11 is 6.04. The summed E-state index contributed by atoms with van der Waals surface area (Å²) in [5.74, 6) is 0.173. The highest BCUT2D eigenvalue weighted by Crippen LogP contribution is 2.30. The van der Waals surface area contributed by atoms with Gasteiger partial charge in [-0.3, -0.25) is 9.52 Å². The lowest BCUT2D eigenvalue weighted by molar-refractivity contribution is -0.115. The van der Waals surface area contributed by atoms with Crippen LogP contribution < -0.4 is 14.8 Å². The van der Waals surface area contributed by atoms with Crippen molar-refractivity contribution in [2.24, 2.45) is 0 Å². The zero-order valence-electron chi connectivity index (χ0n) is 14.8. The molecule has 2 N–H and O–H groups in total. The Kier molecular flexibility index (Phi) is 6.50. The fourth-order valence-electron chi connectivity index (χ4n) is 2.22. The summed E-state index contributed by atoms with van der Waals surface area (Å²) in [6, 6.07) is 9.30. The number of sulfonamides is 1. The maximum absolute atomic E-state index is 12.7. The van der Waals surface area contributed by atoms with Crippen LogP contribution in [-0.4, -0.2) is 20.9 Å². The predicted octanol–water partition coefficient (Wildman–Crippen LogP) is 4.20. The second kappa shape index (κ2) is 8.42. The zero-order valence-corrected chi connectivity index (χ0v) is 16.4. The van der Waals surface area contributed by atoms with Crippen molar-refractivity contribution in [1.82, 2.24) is 0 Å². The molecule has 0 radical (unpaired) electrons. The first kappa shape index (κ1) is 20.1. The molecule has 0 aliphatic carbocycles. The number of benzene rings is 2. The number of ether oxygens (including phenoxy) is 1. The normalized spacial score (nSPS) is 11.1. The highest BCUT2D eigenvalue weighted by molar-refractivity contribution is 7.92. The van der Waals surface area contributed by atoms with Crippen LogP contribution in [0.25, 0.3) is 0 Å². The highest BCUT2D eigenvalue weighted by Gasteiger charge is 2.19. The van der Waals surface area contributed by atoms with Gasteiger partial charge in [-0.2, -0.15) is 0 Å². The van der Waals surface area contributed by atoms with Crippen molar-refractivity contribution >= 4 is 38.9 Å². The van der Waals surface area contributed by atoms with Crippen molar-refractivity contribution in [3.63, 3.8) is 0 Å². The Morgan fingerprint density at radius 3 is 2.54 bits per heavy atom. The van der Waals surface area contributed by atoms with Crippen molar-refractivity contribution in [3.05, 3.63) is 47.0 Å². The number of carbonyl (C=O) groups is 1. The standard InChI is InChI=1S/C18H21ClN2O4S/c1-4-18(22)20-16-11-13(9-10-17(16)25-5-2)26(23,24)21-15-8-6-7-14(19)12(15)3/h6-11,21H,4-5H2,1-3H3,(H,20,22). The molecule has 8 heteroatoms. The van der Waals surface area contributed by atoms with E-state index in [1.807, 2.05) is 0 Å². The Bertz CT molecular complexity index is 913. The molecule has 0 aliphatic rings. The number of rotatable bonds is 7. The molecule has 0 spiro atoms. The molecule has 0 saturated carbocycles. The minimum absolute atomic E-state index is 0.00623. The smallest absolute Gasteiger partial charge is 0.261 e. The van der Waals surface area contributed by atoms with Gasteiger partial charge in [0.05, 0.1) is 22.9 Å². The number of amides is 1. The first-order valence-corrected chi connectivity index (χ1v) is 9.99. The van der Waals surface area contributed by atoms with Gasteiger partial charge >= 0.3 is 0 Å². The summed E-state index contributed by atoms with van der Waals surface area (Å²) in [5, 5.41) is 3.13. The topological polar surface area (TPSA) is 84.5 Å². The summed E-state index contributed by atoms with van der Waals surface area (Å²) in [4.78, 5) is 11.7. The molecule has 0 bridgehead atoms. The van der Waals surface area contributed by atoms with Gasteiger partial charge in [-0.25, -0.2) is 8.42 Å². The molecule has 1 amide bonds. The Hall–Kier alpha value is -2.25. The molecular formula is C18H21ClN2O4S. The number of hydrogen-bond acceptors (Lipinski definition) is 4. The number of anilines is 2. The van der Waals surface area contributed by atoms with E-state index in [1.165, 1.54) is 18.2 Å². The summed E-state index contributed by atoms with van der Waals surface area (Å²) in [7, 11) is -3.86. The van der Waals surface area contributed by atoms with Crippen LogP contribution in [-0.2, 0) is 14.8 Å². The number of nitrogens with one attached hydrogen (secondary N) is 2. The first-order valence-electron chi connectivity index (χ1n) is 8.13. The molecule has 0 aromatic heterocycles. The van der Waals surface area contributed by atoms with E-state index in [4.69, 9.17) is 16.3 Å². The minimum Gasteiger partial charge on any atom is -0.492 e. The van der Waals surface area contributed by atoms with Gasteiger partial charge in [0.25, 0.3) is 10.0 Å². The third-order valence-corrected chi connectivity index (χ3v) is 5.44. The fraction of sp³-hybridized carbons (Fsp3) is 0.278. The third-order valence-electron chi connectivity index (χ3n) is 3.67. The van der Waals surface area contributed by atoms with E-state index in [0.717, 1.165) is 0 Å². The van der Waals surface area contributed by atoms with Gasteiger partial charge in [0.2, 0.25) is 5.91 Å². The molecule has 0 fully saturated rings. The lowest BCUT2D eigenvalue weighted by Crippen LogP contribution is -2.16. The molecule has 0 unspecified atom stereocenters. The second-order valence-electron chi connectivity index (χ2n) is 5.51. The molecule has 6 nitrogen and oxygen atoms in total. The van der Waals surface area contributed by atoms with Crippen LogP contribution in [0.4, 0.5) is 11.4 Å². The molecule has 2 aromatic carbocycles. The second-order valence-corrected chi connectivity index (χ2v) is 7.60. The van der Waals surface area contributed by atoms with Crippen LogP contribution >= 0.6 is 11.6 Å². The fourth-order valence-corrected chi connectivity index (χ4v) is 3.54. The van der Waals surface area contributed by atoms with Crippen molar-refractivity contribution in [3.8, 4) is 5.75 Å². The zero-order chi connectivity index (χ0) is 19.3. The quantitative estimate of drug-likeness (QED) is 0.734. The maximum Gasteiger partial charge on any atom is 0.261 e. The lowest BCUT2D eigenvalue weighted by Gasteiger charge is -2.15. The van der Waals surface area contributed by atoms with Gasteiger partial charge < -0.3 is 10.1 Å². The molecule has 140 valence electrons. The molecule has 0 heterocycles. The van der Waals surface area contributed by atoms with Crippen molar-refractivity contribution < 1.29 is 17.9 Å². The van der Waals surface area contributed by atoms with Gasteiger partial charge in [-0.15, -0.1) is 0 Å². The molecule has 2 rings (SSSR count). The molecule has 0 aliphatic heterocycles. The lowest BCUT2D eigenvalue weighted by atomic mass is 10.2. The predicted molar refractivity (Wildman–Crippen MR) is 104 cm³/mol. The Balaban J connectivity index is 2.40. The van der Waals surface area contributed by atoms with E-state index < -0.39 is 10.0 Å². The molecule has 2 aromatic rings. The van der Waals surface area contributed by atoms with E-state index in [-0.39, 0.29) is 17.2 Å². The van der Waals surface area contributed by atoms with Crippen LogP contribution in [0.3, 0.4) is 0 Å². The van der Waals surface area contributed by atoms with Crippen LogP contribution in [0.1, 0.15) is 25.8 Å². The van der Waals surface area contributed by atoms with E-state index in [0.29, 0.717) is 34.3 Å². The van der Waals surface area contributed by atoms with Crippen LogP contribution in [0.15, 0.2) is 41.3 Å². The van der Waals surface area contributed by atoms with Gasteiger partial charge in [-0.05, 0) is 49.7 Å². The molecule has 0 saturated heterocycles. The van der Waals surface area contributed by atoms with E-state index in [9.17, 15) is 13.2 Å². The molecule has 26 heavy (non-hydrogen) atoms. The highest BCUT2D eigenvalue weighted by atomic mass is 35.5. The van der Waals surface area contributed by atoms with Gasteiger partial charge in [0.1, 0.15) is 5.75 Å². The van der Waals surface area contributed by atoms with Crippen molar-refractivity contribution in [2.45, 2.75) is 32.1 Å². The van der Waals surface area contributed by atoms with Gasteiger partial charge in [-0.1, -0.05) is 24.6 Å². The average Bonchev–Trinajstić information content (AvgIpc) is 2.60. The van der Waals surface area contributed by atoms with Crippen LogP contribution in [0.5, 0.6) is 5.75 Å². The monoisotopic (exact) mass is 396 g/mol. The van der Waals surface area contributed by atoms with Crippen LogP contribution in [0, 0.1) is 6.92 Å². The third kappa shape index (κ3) is 4.68. The maximum atomic E-state index is 12.7. The average molecular weight is 397 g/mol. The number of hydrogen-bond donors (Lipinski definition) is 2. The van der Waals surface area contributed by atoms with E-state index in [2.05, 4.69) is 10.0 Å². The van der Waals surface area contributed by atoms with Crippen LogP contribution in [0.2, 0.25) is 5.02 Å². The van der Waals surface area contributed by atoms with Crippen molar-refractivity contribution in [1.29, 1.82) is 0 Å². The summed E-state index contributed by atoms with van der Waals surface area (Å²) in [6.45, 7) is 5.63. The largest absolute Gasteiger partial charge is 0.492 e. The van der Waals surface area contributed by atoms with Gasteiger partial charge in [0, 0.05) is 11.4 Å². The molecular weight excluding hydrogens is 376 g/mol. The Morgan fingerprint density at radius 2 is 1.88 bits per heavy atom. The molecule has 0 atom stereocenters. The van der Waals surface area contributed by atoms with E-state index in [1.54, 1.807) is 39.0 Å². The number of halogens is 1. The van der Waals surface area contributed by atoms with Gasteiger partial charge in [0.15, 0.2) is 0 Å². The van der Waals surface area contributed by atoms with Crippen molar-refractivity contribution in [2.75, 3.05) is 16.6 Å². The van der Waals surface area contributed by atoms with E-state index >= 15 is 0 Å². The minimum atomic E-state index is -3.86.